The molecule has 3 aromatic heterocycles. The number of rotatable bonds is 11. The van der Waals surface area contributed by atoms with Crippen LogP contribution in [-0.4, -0.2) is 116 Å². The Morgan fingerprint density at radius 2 is 1.74 bits per heavy atom. The SMILES string of the molecule is O=C1CCC(Oc2ccc(C3CCN(CC(=O)N4CCN(c5ccc(-c6cc(F)c7cn(C(C(=O)Nc8nccs8)c8ncn9c8CCC9)nc7c6)cc5)CC4)CC3(F)F)c(F)c2)C(=O)N1. The van der Waals surface area contributed by atoms with Crippen LogP contribution in [0.4, 0.5) is 28.4 Å². The first-order valence-electron chi connectivity index (χ1n) is 21.8. The lowest BCUT2D eigenvalue weighted by molar-refractivity contribution is -0.139. The van der Waals surface area contributed by atoms with E-state index < -0.39 is 54.0 Å². The Bertz CT molecular complexity index is 2830. The molecular weight excluding hydrogens is 881 g/mol. The van der Waals surface area contributed by atoms with E-state index in [9.17, 15) is 19.2 Å². The number of carbonyl (C=O) groups is 4. The van der Waals surface area contributed by atoms with Crippen LogP contribution < -0.4 is 20.3 Å². The Labute approximate surface area is 379 Å². The number of alkyl halides is 2. The summed E-state index contributed by atoms with van der Waals surface area (Å²) in [6.07, 6.45) is 5.72. The molecule has 4 amide bonds. The number of piperidine rings is 2. The Morgan fingerprint density at radius 3 is 2.48 bits per heavy atom. The van der Waals surface area contributed by atoms with Gasteiger partial charge in [0, 0.05) is 80.8 Å². The van der Waals surface area contributed by atoms with Gasteiger partial charge < -0.3 is 19.1 Å². The summed E-state index contributed by atoms with van der Waals surface area (Å²) in [7, 11) is 0. The molecule has 3 aromatic carbocycles. The van der Waals surface area contributed by atoms with Gasteiger partial charge in [-0.05, 0) is 72.8 Å². The predicted molar refractivity (Wildman–Crippen MR) is 235 cm³/mol. The fourth-order valence-electron chi connectivity index (χ4n) is 9.47. The maximum absolute atomic E-state index is 15.8. The van der Waals surface area contributed by atoms with Crippen LogP contribution in [0.5, 0.6) is 5.75 Å². The molecule has 0 aliphatic carbocycles. The first-order valence-corrected chi connectivity index (χ1v) is 22.7. The molecule has 7 heterocycles. The van der Waals surface area contributed by atoms with Crippen LogP contribution >= 0.6 is 11.3 Å². The van der Waals surface area contributed by atoms with Crippen molar-refractivity contribution in [3.63, 3.8) is 0 Å². The minimum atomic E-state index is -3.32. The first kappa shape index (κ1) is 43.2. The van der Waals surface area contributed by atoms with Crippen molar-refractivity contribution in [2.45, 2.75) is 62.6 Å². The normalized spacial score (nSPS) is 20.3. The lowest BCUT2D eigenvalue weighted by Gasteiger charge is -2.40. The number of benzene rings is 3. The second-order valence-corrected chi connectivity index (χ2v) is 18.0. The zero-order chi connectivity index (χ0) is 45.7. The third kappa shape index (κ3) is 8.61. The van der Waals surface area contributed by atoms with E-state index in [1.54, 1.807) is 35.1 Å². The topological polar surface area (TPSA) is 160 Å². The number of aryl methyl sites for hydroxylation is 1. The fourth-order valence-corrected chi connectivity index (χ4v) is 10.0. The quantitative estimate of drug-likeness (QED) is 0.121. The van der Waals surface area contributed by atoms with Crippen LogP contribution in [0, 0.1) is 11.6 Å². The van der Waals surface area contributed by atoms with E-state index in [-0.39, 0.29) is 60.9 Å². The molecule has 4 aliphatic heterocycles. The zero-order valence-electron chi connectivity index (χ0n) is 35.5. The Kier molecular flexibility index (Phi) is 11.5. The summed E-state index contributed by atoms with van der Waals surface area (Å²) < 4.78 is 71.3. The van der Waals surface area contributed by atoms with Crippen molar-refractivity contribution < 1.29 is 41.5 Å². The molecule has 3 saturated heterocycles. The van der Waals surface area contributed by atoms with E-state index in [2.05, 4.69) is 25.5 Å². The summed E-state index contributed by atoms with van der Waals surface area (Å²) in [4.78, 5) is 64.6. The second-order valence-electron chi connectivity index (χ2n) is 17.1. The standard InChI is InChI=1S/C46H44F4N10O5S/c47-34-20-28(21-36-32(34)23-60(55-36)42(44(64)54-45-51-12-19-66-45)41-37-2-1-13-59(37)26-52-41)27-3-5-29(6-4-27)57-15-17-58(18-16-57)40(62)24-56-14-11-33(46(49,50)25-56)31-8-7-30(22-35(31)48)65-38-9-10-39(61)53-43(38)63/h3-8,12,19-23,26,33,38,42H,1-2,9-11,13-18,24-25H2,(H,51,54,64)(H,53,61,63). The van der Waals surface area contributed by atoms with Crippen LogP contribution in [0.1, 0.15) is 54.6 Å². The molecule has 0 radical (unpaired) electrons. The van der Waals surface area contributed by atoms with Crippen molar-refractivity contribution in [3.8, 4) is 16.9 Å². The van der Waals surface area contributed by atoms with Crippen molar-refractivity contribution in [1.29, 1.82) is 0 Å². The molecule has 3 unspecified atom stereocenters. The molecule has 0 bridgehead atoms. The number of fused-ring (bicyclic) bond motifs is 2. The van der Waals surface area contributed by atoms with E-state index in [0.717, 1.165) is 42.4 Å². The third-order valence-electron chi connectivity index (χ3n) is 12.9. The number of nitrogens with zero attached hydrogens (tertiary/aromatic N) is 8. The molecule has 15 nitrogen and oxygen atoms in total. The van der Waals surface area contributed by atoms with Gasteiger partial charge in [-0.25, -0.2) is 27.5 Å². The summed E-state index contributed by atoms with van der Waals surface area (Å²) in [5.41, 5.74) is 4.00. The molecule has 6 aromatic rings. The monoisotopic (exact) mass is 924 g/mol. The summed E-state index contributed by atoms with van der Waals surface area (Å²) in [6, 6.07) is 13.5. The molecule has 3 fully saturated rings. The number of halogens is 4. The largest absolute Gasteiger partial charge is 0.480 e. The Hall–Kier alpha value is -6.67. The summed E-state index contributed by atoms with van der Waals surface area (Å²) in [5, 5.41) is 12.2. The van der Waals surface area contributed by atoms with Crippen molar-refractivity contribution in [1.82, 2.24) is 39.4 Å². The number of nitrogens with one attached hydrogen (secondary N) is 2. The number of carbonyl (C=O) groups excluding carboxylic acids is 4. The van der Waals surface area contributed by atoms with Crippen LogP contribution in [0.2, 0.25) is 0 Å². The van der Waals surface area contributed by atoms with E-state index in [1.807, 2.05) is 28.8 Å². The number of likely N-dealkylation sites (tertiary alicyclic amines) is 1. The van der Waals surface area contributed by atoms with Crippen molar-refractivity contribution in [2.24, 2.45) is 0 Å². The molecule has 4 aliphatic rings. The van der Waals surface area contributed by atoms with Gasteiger partial charge in [-0.15, -0.1) is 11.3 Å². The van der Waals surface area contributed by atoms with Gasteiger partial charge in [-0.3, -0.25) is 39.4 Å². The number of hydrogen-bond donors (Lipinski definition) is 2. The number of aromatic nitrogens is 5. The zero-order valence-corrected chi connectivity index (χ0v) is 36.3. The molecule has 66 heavy (non-hydrogen) atoms. The van der Waals surface area contributed by atoms with Crippen molar-refractivity contribution in [2.75, 3.05) is 56.0 Å². The maximum Gasteiger partial charge on any atom is 0.267 e. The number of ether oxygens (including phenoxy) is 1. The van der Waals surface area contributed by atoms with Crippen LogP contribution in [0.25, 0.3) is 22.0 Å². The van der Waals surface area contributed by atoms with E-state index in [1.165, 1.54) is 39.1 Å². The number of amides is 4. The van der Waals surface area contributed by atoms with Gasteiger partial charge in [-0.2, -0.15) is 5.10 Å². The molecule has 0 spiro atoms. The summed E-state index contributed by atoms with van der Waals surface area (Å²) in [5.74, 6) is -7.80. The summed E-state index contributed by atoms with van der Waals surface area (Å²) >= 11 is 1.29. The van der Waals surface area contributed by atoms with Gasteiger partial charge in [0.05, 0.1) is 41.9 Å². The number of imide groups is 1. The van der Waals surface area contributed by atoms with Crippen molar-refractivity contribution >= 4 is 56.7 Å². The van der Waals surface area contributed by atoms with Gasteiger partial charge in [0.1, 0.15) is 17.4 Å². The number of imidazole rings is 1. The Morgan fingerprint density at radius 1 is 0.924 bits per heavy atom. The highest BCUT2D eigenvalue weighted by Gasteiger charge is 2.47. The number of hydrogen-bond acceptors (Lipinski definition) is 11. The van der Waals surface area contributed by atoms with Crippen molar-refractivity contribution in [3.05, 3.63) is 107 Å². The lowest BCUT2D eigenvalue weighted by Crippen LogP contribution is -2.54. The smallest absolute Gasteiger partial charge is 0.267 e. The van der Waals surface area contributed by atoms with Gasteiger partial charge in [0.25, 0.3) is 17.7 Å². The highest BCUT2D eigenvalue weighted by atomic mass is 32.1. The highest BCUT2D eigenvalue weighted by Crippen LogP contribution is 2.42. The van der Waals surface area contributed by atoms with Gasteiger partial charge in [0.15, 0.2) is 17.3 Å². The summed E-state index contributed by atoms with van der Waals surface area (Å²) in [6.45, 7) is 1.89. The highest BCUT2D eigenvalue weighted by molar-refractivity contribution is 7.13. The molecule has 3 atom stereocenters. The minimum Gasteiger partial charge on any atom is -0.480 e. The second kappa shape index (κ2) is 17.6. The van der Waals surface area contributed by atoms with Crippen LogP contribution in [-0.2, 0) is 32.1 Å². The van der Waals surface area contributed by atoms with Gasteiger partial charge in [0.2, 0.25) is 11.8 Å². The molecular formula is C46H44F4N10O5S. The molecule has 20 heteroatoms. The predicted octanol–water partition coefficient (Wildman–Crippen LogP) is 5.77. The molecule has 0 saturated carbocycles. The molecule has 2 N–H and O–H groups in total. The van der Waals surface area contributed by atoms with Crippen LogP contribution in [0.3, 0.4) is 0 Å². The van der Waals surface area contributed by atoms with E-state index >= 15 is 17.6 Å². The Balaban J connectivity index is 0.748. The first-order chi connectivity index (χ1) is 31.9. The number of thiazole rings is 1. The van der Waals surface area contributed by atoms with E-state index in [0.29, 0.717) is 48.1 Å². The number of piperazine rings is 1. The fraction of sp³-hybridized carbons (Fsp3) is 0.370. The maximum atomic E-state index is 15.8. The van der Waals surface area contributed by atoms with Crippen LogP contribution in [0.15, 0.2) is 78.7 Å². The van der Waals surface area contributed by atoms with Gasteiger partial charge >= 0.3 is 0 Å². The third-order valence-corrected chi connectivity index (χ3v) is 13.6. The number of anilines is 2. The lowest BCUT2D eigenvalue weighted by atomic mass is 9.85. The minimum absolute atomic E-state index is 0.000686. The average molecular weight is 925 g/mol. The van der Waals surface area contributed by atoms with Gasteiger partial charge in [-0.1, -0.05) is 18.2 Å². The average Bonchev–Trinajstić information content (AvgIpc) is 4.13. The molecule has 10 rings (SSSR count). The molecule has 342 valence electrons. The van der Waals surface area contributed by atoms with E-state index in [4.69, 9.17) is 9.84 Å².